The van der Waals surface area contributed by atoms with Gasteiger partial charge in [-0.15, -0.1) is 0 Å². The van der Waals surface area contributed by atoms with Crippen molar-refractivity contribution in [2.45, 2.75) is 32.1 Å². The molecule has 1 aromatic carbocycles. The minimum Gasteiger partial charge on any atom is -0.353 e. The molecule has 1 heterocycles. The van der Waals surface area contributed by atoms with Crippen molar-refractivity contribution >= 4 is 17.3 Å². The second kappa shape index (κ2) is 4.61. The van der Waals surface area contributed by atoms with E-state index >= 15 is 0 Å². The number of carbonyl (C=O) groups is 1. The summed E-state index contributed by atoms with van der Waals surface area (Å²) in [7, 11) is 0. The van der Waals surface area contributed by atoms with Gasteiger partial charge in [0.1, 0.15) is 5.71 Å². The third-order valence-electron chi connectivity index (χ3n) is 3.01. The molecule has 1 aliphatic heterocycles. The van der Waals surface area contributed by atoms with Gasteiger partial charge >= 0.3 is 5.91 Å². The van der Waals surface area contributed by atoms with Crippen LogP contribution in [0.25, 0.3) is 0 Å². The number of hydrazone groups is 1. The number of benzene rings is 1. The molecule has 0 spiro atoms. The minimum absolute atomic E-state index is 0.141. The first-order valence-corrected chi connectivity index (χ1v) is 6.18. The van der Waals surface area contributed by atoms with Crippen LogP contribution in [0.2, 0.25) is 0 Å². The van der Waals surface area contributed by atoms with Crippen LogP contribution in [0.5, 0.6) is 0 Å². The first-order valence-electron chi connectivity index (χ1n) is 6.18. The van der Waals surface area contributed by atoms with Crippen molar-refractivity contribution in [2.24, 2.45) is 5.10 Å². The lowest BCUT2D eigenvalue weighted by Gasteiger charge is -2.28. The van der Waals surface area contributed by atoms with Gasteiger partial charge in [0.05, 0.1) is 10.5 Å². The SMILES string of the molecule is CC(C)(C)N1N=C(c2ccc([N+](=O)[O-])cc2)C(O)(O)C1=O. The van der Waals surface area contributed by atoms with Gasteiger partial charge in [0.15, 0.2) is 0 Å². The molecule has 2 N–H and O–H groups in total. The fourth-order valence-corrected chi connectivity index (χ4v) is 1.92. The molecule has 0 aromatic heterocycles. The zero-order chi connectivity index (χ0) is 16.0. The van der Waals surface area contributed by atoms with Crippen molar-refractivity contribution in [3.8, 4) is 0 Å². The molecule has 0 saturated carbocycles. The van der Waals surface area contributed by atoms with Gasteiger partial charge in [-0.2, -0.15) is 5.10 Å². The van der Waals surface area contributed by atoms with Crippen LogP contribution in [-0.2, 0) is 4.79 Å². The number of amides is 1. The highest BCUT2D eigenvalue weighted by atomic mass is 16.6. The molecule has 21 heavy (non-hydrogen) atoms. The third-order valence-corrected chi connectivity index (χ3v) is 3.01. The van der Waals surface area contributed by atoms with Crippen LogP contribution in [0.3, 0.4) is 0 Å². The Morgan fingerprint density at radius 2 is 1.76 bits per heavy atom. The number of rotatable bonds is 2. The van der Waals surface area contributed by atoms with Crippen LogP contribution >= 0.6 is 0 Å². The fourth-order valence-electron chi connectivity index (χ4n) is 1.92. The molecule has 0 unspecified atom stereocenters. The number of nitro benzene ring substituents is 1. The van der Waals surface area contributed by atoms with E-state index in [0.29, 0.717) is 0 Å². The Hall–Kier alpha value is -2.32. The van der Waals surface area contributed by atoms with Crippen molar-refractivity contribution < 1.29 is 19.9 Å². The fraction of sp³-hybridized carbons (Fsp3) is 0.385. The quantitative estimate of drug-likeness (QED) is 0.471. The van der Waals surface area contributed by atoms with Crippen molar-refractivity contribution in [2.75, 3.05) is 0 Å². The van der Waals surface area contributed by atoms with Crippen molar-refractivity contribution in [1.82, 2.24) is 5.01 Å². The van der Waals surface area contributed by atoms with Crippen molar-refractivity contribution in [1.29, 1.82) is 0 Å². The van der Waals surface area contributed by atoms with Crippen LogP contribution in [0.4, 0.5) is 5.69 Å². The maximum Gasteiger partial charge on any atom is 0.309 e. The molecule has 0 aliphatic carbocycles. The Morgan fingerprint density at radius 1 is 1.24 bits per heavy atom. The average Bonchev–Trinajstić information content (AvgIpc) is 2.61. The molecule has 1 aromatic rings. The van der Waals surface area contributed by atoms with Gasteiger partial charge in [-0.25, -0.2) is 5.01 Å². The largest absolute Gasteiger partial charge is 0.353 e. The number of non-ortho nitro benzene ring substituents is 1. The number of aliphatic hydroxyl groups is 2. The number of carbonyl (C=O) groups excluding carboxylic acids is 1. The predicted octanol–water partition coefficient (Wildman–Crippen LogP) is 0.620. The molecular weight excluding hydrogens is 278 g/mol. The Bertz CT molecular complexity index is 628. The van der Waals surface area contributed by atoms with Crippen molar-refractivity contribution in [3.05, 3.63) is 39.9 Å². The van der Waals surface area contributed by atoms with E-state index in [4.69, 9.17) is 0 Å². The summed E-state index contributed by atoms with van der Waals surface area (Å²) in [5.41, 5.74) is -0.892. The first-order chi connectivity index (χ1) is 9.55. The second-order valence-corrected chi connectivity index (χ2v) is 5.71. The number of hydrogen-bond donors (Lipinski definition) is 2. The third kappa shape index (κ3) is 2.50. The van der Waals surface area contributed by atoms with E-state index in [9.17, 15) is 25.1 Å². The van der Waals surface area contributed by atoms with Gasteiger partial charge in [0, 0.05) is 17.7 Å². The molecule has 0 fully saturated rings. The summed E-state index contributed by atoms with van der Waals surface area (Å²) in [4.78, 5) is 22.1. The summed E-state index contributed by atoms with van der Waals surface area (Å²) in [5.74, 6) is -3.70. The monoisotopic (exact) mass is 293 g/mol. The van der Waals surface area contributed by atoms with Gasteiger partial charge in [-0.1, -0.05) is 0 Å². The lowest BCUT2D eigenvalue weighted by Crippen LogP contribution is -2.50. The number of hydrogen-bond acceptors (Lipinski definition) is 6. The summed E-state index contributed by atoms with van der Waals surface area (Å²) >= 11 is 0. The molecule has 8 nitrogen and oxygen atoms in total. The molecule has 0 radical (unpaired) electrons. The lowest BCUT2D eigenvalue weighted by molar-refractivity contribution is -0.384. The lowest BCUT2D eigenvalue weighted by atomic mass is 10.0. The van der Waals surface area contributed by atoms with Crippen LogP contribution in [0.1, 0.15) is 26.3 Å². The Kier molecular flexibility index (Phi) is 3.31. The molecule has 0 saturated heterocycles. The van der Waals surface area contributed by atoms with Gasteiger partial charge in [-0.05, 0) is 32.9 Å². The van der Waals surface area contributed by atoms with E-state index in [-0.39, 0.29) is 17.0 Å². The molecule has 1 amide bonds. The molecule has 0 bridgehead atoms. The van der Waals surface area contributed by atoms with E-state index in [1.54, 1.807) is 20.8 Å². The molecular formula is C13H15N3O5. The van der Waals surface area contributed by atoms with E-state index < -0.39 is 22.2 Å². The number of nitro groups is 1. The topological polar surface area (TPSA) is 116 Å². The summed E-state index contributed by atoms with van der Waals surface area (Å²) in [5, 5.41) is 35.5. The first kappa shape index (κ1) is 15.1. The average molecular weight is 293 g/mol. The molecule has 112 valence electrons. The Balaban J connectivity index is 2.46. The maximum absolute atomic E-state index is 12.0. The highest BCUT2D eigenvalue weighted by molar-refractivity contribution is 6.21. The minimum atomic E-state index is -2.75. The number of nitrogens with zero attached hydrogens (tertiary/aromatic N) is 3. The van der Waals surface area contributed by atoms with Crippen LogP contribution in [0, 0.1) is 10.1 Å². The van der Waals surface area contributed by atoms with Gasteiger partial charge in [-0.3, -0.25) is 14.9 Å². The van der Waals surface area contributed by atoms with E-state index in [2.05, 4.69) is 5.10 Å². The van der Waals surface area contributed by atoms with E-state index in [0.717, 1.165) is 5.01 Å². The van der Waals surface area contributed by atoms with Gasteiger partial charge in [0.25, 0.3) is 11.5 Å². The molecule has 8 heteroatoms. The predicted molar refractivity (Wildman–Crippen MR) is 73.4 cm³/mol. The van der Waals surface area contributed by atoms with Gasteiger partial charge < -0.3 is 10.2 Å². The summed E-state index contributed by atoms with van der Waals surface area (Å²) in [6, 6.07) is 5.05. The zero-order valence-electron chi connectivity index (χ0n) is 11.8. The standard InChI is InChI=1S/C13H15N3O5/c1-12(2,3)15-11(17)13(18,19)10(14-15)8-4-6-9(7-5-8)16(20)21/h4-7,18-19H,1-3H3. The molecule has 2 rings (SSSR count). The van der Waals surface area contributed by atoms with Crippen LogP contribution in [0.15, 0.2) is 29.4 Å². The summed E-state index contributed by atoms with van der Waals surface area (Å²) in [6.45, 7) is 5.09. The zero-order valence-corrected chi connectivity index (χ0v) is 11.8. The smallest absolute Gasteiger partial charge is 0.309 e. The molecule has 1 aliphatic rings. The summed E-state index contributed by atoms with van der Waals surface area (Å²) < 4.78 is 0. The van der Waals surface area contributed by atoms with Crippen LogP contribution < -0.4 is 0 Å². The van der Waals surface area contributed by atoms with Crippen molar-refractivity contribution in [3.63, 3.8) is 0 Å². The van der Waals surface area contributed by atoms with E-state index in [1.807, 2.05) is 0 Å². The Morgan fingerprint density at radius 3 is 2.14 bits per heavy atom. The second-order valence-electron chi connectivity index (χ2n) is 5.71. The summed E-state index contributed by atoms with van der Waals surface area (Å²) in [6.07, 6.45) is 0. The van der Waals surface area contributed by atoms with Gasteiger partial charge in [0.2, 0.25) is 0 Å². The Labute approximate surface area is 120 Å². The molecule has 0 atom stereocenters. The highest BCUT2D eigenvalue weighted by Crippen LogP contribution is 2.29. The highest BCUT2D eigenvalue weighted by Gasteiger charge is 2.52. The normalized spacial score (nSPS) is 17.9. The maximum atomic E-state index is 12.0. The van der Waals surface area contributed by atoms with E-state index in [1.165, 1.54) is 24.3 Å². The van der Waals surface area contributed by atoms with Crippen LogP contribution in [-0.4, -0.2) is 43.1 Å².